The molecular weight excluding hydrogens is 619 g/mol. The van der Waals surface area contributed by atoms with E-state index in [0.717, 1.165) is 28.2 Å². The van der Waals surface area contributed by atoms with E-state index in [1.807, 2.05) is 51.1 Å². The summed E-state index contributed by atoms with van der Waals surface area (Å²) in [5, 5.41) is 5.10. The molecule has 1 aliphatic carbocycles. The molecule has 1 fully saturated rings. The molecule has 2 aliphatic heterocycles. The standard InChI is InChI=1S/C31H35IN4O4/c1-31(2,3)40-30(38)35-16-14-26-28-24(33-36(26)25-12-11-22(17-23(25)32)21-9-10-21)13-15-34(18-27(28)35)29(37)39-19-20-7-5-4-6-8-20/h4-8,11-12,17,21,27H,9-10,13-16,18-19H2,1-3H3/t27-/m0/s1. The molecule has 0 unspecified atom stereocenters. The quantitative estimate of drug-likeness (QED) is 0.305. The summed E-state index contributed by atoms with van der Waals surface area (Å²) in [7, 11) is 0. The van der Waals surface area contributed by atoms with Gasteiger partial charge in [0.15, 0.2) is 0 Å². The summed E-state index contributed by atoms with van der Waals surface area (Å²) in [4.78, 5) is 30.1. The normalized spacial score (nSPS) is 18.6. The lowest BCUT2D eigenvalue weighted by molar-refractivity contribution is 0.00940. The van der Waals surface area contributed by atoms with Gasteiger partial charge in [-0.1, -0.05) is 36.4 Å². The summed E-state index contributed by atoms with van der Waals surface area (Å²) in [5.41, 5.74) is 5.85. The van der Waals surface area contributed by atoms with Crippen molar-refractivity contribution in [3.8, 4) is 5.69 Å². The first-order valence-corrected chi connectivity index (χ1v) is 15.1. The fourth-order valence-electron chi connectivity index (χ4n) is 5.67. The molecule has 9 heteroatoms. The van der Waals surface area contributed by atoms with Crippen LogP contribution in [0.1, 0.15) is 73.7 Å². The minimum atomic E-state index is -0.622. The lowest BCUT2D eigenvalue weighted by Gasteiger charge is -2.38. The van der Waals surface area contributed by atoms with Gasteiger partial charge >= 0.3 is 12.2 Å². The van der Waals surface area contributed by atoms with Gasteiger partial charge in [0.2, 0.25) is 0 Å². The molecule has 0 spiro atoms. The van der Waals surface area contributed by atoms with Crippen LogP contribution in [0.5, 0.6) is 0 Å². The number of amides is 2. The van der Waals surface area contributed by atoms with E-state index in [9.17, 15) is 9.59 Å². The van der Waals surface area contributed by atoms with Gasteiger partial charge in [-0.3, -0.25) is 4.90 Å². The number of aromatic nitrogens is 2. The maximum Gasteiger partial charge on any atom is 0.410 e. The van der Waals surface area contributed by atoms with Crippen LogP contribution in [0.4, 0.5) is 9.59 Å². The van der Waals surface area contributed by atoms with Crippen molar-refractivity contribution in [2.24, 2.45) is 0 Å². The topological polar surface area (TPSA) is 76.9 Å². The van der Waals surface area contributed by atoms with Gasteiger partial charge < -0.3 is 14.4 Å². The predicted molar refractivity (Wildman–Crippen MR) is 160 cm³/mol. The highest BCUT2D eigenvalue weighted by atomic mass is 127. The molecule has 3 aliphatic rings. The van der Waals surface area contributed by atoms with Crippen LogP contribution in [-0.2, 0) is 28.9 Å². The van der Waals surface area contributed by atoms with E-state index in [0.29, 0.717) is 38.4 Å². The van der Waals surface area contributed by atoms with Gasteiger partial charge in [0.05, 0.1) is 23.1 Å². The Morgan fingerprint density at radius 2 is 1.80 bits per heavy atom. The third kappa shape index (κ3) is 5.57. The van der Waals surface area contributed by atoms with Gasteiger partial charge in [-0.25, -0.2) is 14.3 Å². The number of carbonyl (C=O) groups excluding carboxylic acids is 2. The van der Waals surface area contributed by atoms with Crippen LogP contribution in [0.2, 0.25) is 0 Å². The van der Waals surface area contributed by atoms with Gasteiger partial charge in [0, 0.05) is 41.6 Å². The Kier molecular flexibility index (Phi) is 7.27. The molecule has 0 radical (unpaired) electrons. The summed E-state index contributed by atoms with van der Waals surface area (Å²) in [6.07, 6.45) is 3.03. The average molecular weight is 655 g/mol. The highest BCUT2D eigenvalue weighted by Gasteiger charge is 2.42. The molecule has 2 amide bonds. The van der Waals surface area contributed by atoms with Crippen molar-refractivity contribution in [2.75, 3.05) is 19.6 Å². The van der Waals surface area contributed by atoms with Crippen molar-refractivity contribution in [3.63, 3.8) is 0 Å². The van der Waals surface area contributed by atoms with E-state index >= 15 is 0 Å². The average Bonchev–Trinajstić information content (AvgIpc) is 3.73. The van der Waals surface area contributed by atoms with Gasteiger partial charge in [-0.15, -0.1) is 0 Å². The zero-order valence-corrected chi connectivity index (χ0v) is 25.4. The van der Waals surface area contributed by atoms with Crippen LogP contribution in [-0.4, -0.2) is 57.0 Å². The van der Waals surface area contributed by atoms with E-state index < -0.39 is 5.60 Å². The Balaban J connectivity index is 1.31. The number of nitrogens with zero attached hydrogens (tertiary/aromatic N) is 4. The van der Waals surface area contributed by atoms with E-state index in [-0.39, 0.29) is 24.8 Å². The van der Waals surface area contributed by atoms with E-state index in [4.69, 9.17) is 14.6 Å². The Labute approximate surface area is 248 Å². The number of hydrogen-bond donors (Lipinski definition) is 0. The number of benzene rings is 2. The second-order valence-electron chi connectivity index (χ2n) is 11.9. The fourth-order valence-corrected chi connectivity index (χ4v) is 6.44. The van der Waals surface area contributed by atoms with Gasteiger partial charge in [-0.2, -0.15) is 5.10 Å². The monoisotopic (exact) mass is 654 g/mol. The molecule has 0 saturated heterocycles. The number of ether oxygens (including phenoxy) is 2. The molecular formula is C31H35IN4O4. The first-order valence-electron chi connectivity index (χ1n) is 14.0. The molecule has 40 heavy (non-hydrogen) atoms. The van der Waals surface area contributed by atoms with Crippen molar-refractivity contribution >= 4 is 34.8 Å². The number of halogens is 1. The number of hydrogen-bond acceptors (Lipinski definition) is 5. The SMILES string of the molecule is CC(C)(C)OC(=O)N1CCc2c3c(nn2-c2ccc(C4CC4)cc2I)CCN(C(=O)OCc2ccccc2)C[C@@H]31. The van der Waals surface area contributed by atoms with E-state index in [1.54, 1.807) is 9.80 Å². The molecule has 210 valence electrons. The number of carbonyl (C=O) groups is 2. The van der Waals surface area contributed by atoms with Gasteiger partial charge in [-0.05, 0) is 85.4 Å². The first kappa shape index (κ1) is 27.1. The molecule has 1 atom stereocenters. The molecule has 2 aromatic carbocycles. The van der Waals surface area contributed by atoms with Crippen LogP contribution in [0, 0.1) is 3.57 Å². The summed E-state index contributed by atoms with van der Waals surface area (Å²) in [5.74, 6) is 0.689. The fraction of sp³-hybridized carbons (Fsp3) is 0.452. The first-order chi connectivity index (χ1) is 19.2. The minimum absolute atomic E-state index is 0.203. The predicted octanol–water partition coefficient (Wildman–Crippen LogP) is 6.38. The Morgan fingerprint density at radius 3 is 2.50 bits per heavy atom. The molecule has 0 N–H and O–H groups in total. The van der Waals surface area contributed by atoms with Crippen molar-refractivity contribution < 1.29 is 19.1 Å². The van der Waals surface area contributed by atoms with E-state index in [2.05, 4.69) is 45.5 Å². The summed E-state index contributed by atoms with van der Waals surface area (Å²) >= 11 is 2.42. The Hall–Kier alpha value is -3.08. The van der Waals surface area contributed by atoms with Crippen LogP contribution < -0.4 is 0 Å². The molecule has 6 rings (SSSR count). The third-order valence-electron chi connectivity index (χ3n) is 7.75. The van der Waals surface area contributed by atoms with Gasteiger partial charge in [0.1, 0.15) is 12.2 Å². The maximum atomic E-state index is 13.4. The second-order valence-corrected chi connectivity index (χ2v) is 13.0. The van der Waals surface area contributed by atoms with Crippen LogP contribution >= 0.6 is 22.6 Å². The Bertz CT molecular complexity index is 1430. The summed E-state index contributed by atoms with van der Waals surface area (Å²) in [6, 6.07) is 16.0. The minimum Gasteiger partial charge on any atom is -0.445 e. The highest BCUT2D eigenvalue weighted by Crippen LogP contribution is 2.42. The lowest BCUT2D eigenvalue weighted by Crippen LogP contribution is -2.47. The molecule has 3 aromatic rings. The van der Waals surface area contributed by atoms with Crippen molar-refractivity contribution in [2.45, 2.75) is 70.6 Å². The van der Waals surface area contributed by atoms with Crippen molar-refractivity contribution in [1.29, 1.82) is 0 Å². The van der Waals surface area contributed by atoms with Crippen molar-refractivity contribution in [3.05, 3.63) is 80.2 Å². The molecule has 1 aromatic heterocycles. The largest absolute Gasteiger partial charge is 0.445 e. The lowest BCUT2D eigenvalue weighted by atomic mass is 9.96. The van der Waals surface area contributed by atoms with Gasteiger partial charge in [0.25, 0.3) is 0 Å². The second kappa shape index (κ2) is 10.7. The van der Waals surface area contributed by atoms with E-state index in [1.165, 1.54) is 22.0 Å². The highest BCUT2D eigenvalue weighted by molar-refractivity contribution is 14.1. The summed E-state index contributed by atoms with van der Waals surface area (Å²) in [6.45, 7) is 7.10. The Morgan fingerprint density at radius 1 is 1.02 bits per heavy atom. The summed E-state index contributed by atoms with van der Waals surface area (Å²) < 4.78 is 14.7. The molecule has 3 heterocycles. The van der Waals surface area contributed by atoms with Crippen LogP contribution in [0.15, 0.2) is 48.5 Å². The maximum absolute atomic E-state index is 13.4. The molecule has 0 bridgehead atoms. The zero-order chi connectivity index (χ0) is 28.0. The smallest absolute Gasteiger partial charge is 0.410 e. The number of rotatable bonds is 4. The van der Waals surface area contributed by atoms with Crippen molar-refractivity contribution in [1.82, 2.24) is 19.6 Å². The molecule has 8 nitrogen and oxygen atoms in total. The van der Waals surface area contributed by atoms with Crippen LogP contribution in [0.3, 0.4) is 0 Å². The molecule has 1 saturated carbocycles. The third-order valence-corrected chi connectivity index (χ3v) is 8.61. The zero-order valence-electron chi connectivity index (χ0n) is 23.2. The van der Waals surface area contributed by atoms with Crippen LogP contribution in [0.25, 0.3) is 5.69 Å².